The summed E-state index contributed by atoms with van der Waals surface area (Å²) in [5.74, 6) is 0.0538. The van der Waals surface area contributed by atoms with Crippen molar-refractivity contribution in [2.45, 2.75) is 64.1 Å². The number of carbonyl (C=O) groups is 1. The lowest BCUT2D eigenvalue weighted by atomic mass is 10.1. The standard InChI is InChI=1S/C21H26N2O3/c1-14-8-9-18-15(11-14)12-16(20(24)22-18)13-23(17-5-2-3-6-17)21(25)19-7-4-10-26-19/h8-9,11-12,17,19H,2-7,10,13H2,1H3,(H,22,24)/t19-/m1/s1. The molecule has 1 amide bonds. The molecule has 1 aliphatic heterocycles. The maximum absolute atomic E-state index is 13.1. The van der Waals surface area contributed by atoms with E-state index < -0.39 is 0 Å². The van der Waals surface area contributed by atoms with Gasteiger partial charge in [-0.3, -0.25) is 9.59 Å². The minimum Gasteiger partial charge on any atom is -0.368 e. The summed E-state index contributed by atoms with van der Waals surface area (Å²) in [4.78, 5) is 30.5. The number of amides is 1. The van der Waals surface area contributed by atoms with Gasteiger partial charge in [0.1, 0.15) is 6.10 Å². The van der Waals surface area contributed by atoms with E-state index in [0.29, 0.717) is 18.7 Å². The van der Waals surface area contributed by atoms with Gasteiger partial charge in [0.05, 0.1) is 6.54 Å². The number of carbonyl (C=O) groups excluding carboxylic acids is 1. The van der Waals surface area contributed by atoms with Crippen molar-refractivity contribution in [2.75, 3.05) is 6.61 Å². The highest BCUT2D eigenvalue weighted by Crippen LogP contribution is 2.27. The second kappa shape index (κ2) is 7.23. The van der Waals surface area contributed by atoms with Crippen LogP contribution in [0.25, 0.3) is 10.9 Å². The lowest BCUT2D eigenvalue weighted by Crippen LogP contribution is -2.44. The van der Waals surface area contributed by atoms with Crippen LogP contribution < -0.4 is 5.56 Å². The first-order valence-electron chi connectivity index (χ1n) is 9.66. The number of rotatable bonds is 4. The molecule has 0 spiro atoms. The monoisotopic (exact) mass is 354 g/mol. The Morgan fingerprint density at radius 1 is 1.19 bits per heavy atom. The highest BCUT2D eigenvalue weighted by Gasteiger charge is 2.34. The van der Waals surface area contributed by atoms with Gasteiger partial charge in [0.25, 0.3) is 11.5 Å². The zero-order valence-corrected chi connectivity index (χ0v) is 15.3. The molecule has 0 radical (unpaired) electrons. The fourth-order valence-electron chi connectivity index (χ4n) is 4.23. The number of aromatic amines is 1. The average molecular weight is 354 g/mol. The average Bonchev–Trinajstić information content (AvgIpc) is 3.33. The van der Waals surface area contributed by atoms with Gasteiger partial charge < -0.3 is 14.6 Å². The van der Waals surface area contributed by atoms with E-state index in [1.165, 1.54) is 0 Å². The first kappa shape index (κ1) is 17.3. The van der Waals surface area contributed by atoms with Gasteiger partial charge in [0.15, 0.2) is 0 Å². The van der Waals surface area contributed by atoms with Crippen LogP contribution in [0.15, 0.2) is 29.1 Å². The Morgan fingerprint density at radius 3 is 2.73 bits per heavy atom. The van der Waals surface area contributed by atoms with Crippen molar-refractivity contribution in [3.63, 3.8) is 0 Å². The van der Waals surface area contributed by atoms with E-state index in [1.807, 2.05) is 30.0 Å². The van der Waals surface area contributed by atoms with Crippen molar-refractivity contribution in [3.05, 3.63) is 45.7 Å². The van der Waals surface area contributed by atoms with Crippen molar-refractivity contribution >= 4 is 16.8 Å². The summed E-state index contributed by atoms with van der Waals surface area (Å²) in [6.45, 7) is 3.06. The SMILES string of the molecule is Cc1ccc2[nH]c(=O)c(CN(C(=O)[C@H]3CCCO3)C3CCCC3)cc2c1. The number of aromatic nitrogens is 1. The molecule has 2 heterocycles. The van der Waals surface area contributed by atoms with E-state index >= 15 is 0 Å². The molecule has 1 aromatic carbocycles. The molecule has 2 aliphatic rings. The summed E-state index contributed by atoms with van der Waals surface area (Å²) in [7, 11) is 0. The number of aryl methyl sites for hydroxylation is 1. The largest absolute Gasteiger partial charge is 0.368 e. The van der Waals surface area contributed by atoms with E-state index in [9.17, 15) is 9.59 Å². The topological polar surface area (TPSA) is 62.4 Å². The van der Waals surface area contributed by atoms with Crippen LogP contribution in [0.1, 0.15) is 49.7 Å². The molecule has 2 fully saturated rings. The van der Waals surface area contributed by atoms with Gasteiger partial charge in [-0.2, -0.15) is 0 Å². The number of hydrogen-bond acceptors (Lipinski definition) is 3. The number of H-pyrrole nitrogens is 1. The molecule has 5 nitrogen and oxygen atoms in total. The molecular formula is C21H26N2O3. The summed E-state index contributed by atoms with van der Waals surface area (Å²) in [5.41, 5.74) is 2.53. The van der Waals surface area contributed by atoms with Crippen LogP contribution in [0.2, 0.25) is 0 Å². The van der Waals surface area contributed by atoms with Crippen LogP contribution in [0.4, 0.5) is 0 Å². The van der Waals surface area contributed by atoms with Gasteiger partial charge in [-0.15, -0.1) is 0 Å². The first-order valence-corrected chi connectivity index (χ1v) is 9.66. The lowest BCUT2D eigenvalue weighted by molar-refractivity contribution is -0.144. The number of hydrogen-bond donors (Lipinski definition) is 1. The summed E-state index contributed by atoms with van der Waals surface area (Å²) in [6.07, 6.45) is 5.71. The maximum atomic E-state index is 13.1. The number of ether oxygens (including phenoxy) is 1. The van der Waals surface area contributed by atoms with Crippen LogP contribution in [-0.4, -0.2) is 34.5 Å². The van der Waals surface area contributed by atoms with Crippen molar-refractivity contribution in [3.8, 4) is 0 Å². The molecule has 5 heteroatoms. The van der Waals surface area contributed by atoms with Gasteiger partial charge in [0.2, 0.25) is 0 Å². The molecule has 4 rings (SSSR count). The zero-order valence-electron chi connectivity index (χ0n) is 15.3. The van der Waals surface area contributed by atoms with Crippen molar-refractivity contribution in [2.24, 2.45) is 0 Å². The van der Waals surface area contributed by atoms with Crippen LogP contribution in [-0.2, 0) is 16.1 Å². The zero-order chi connectivity index (χ0) is 18.1. The smallest absolute Gasteiger partial charge is 0.253 e. The van der Waals surface area contributed by atoms with Gasteiger partial charge in [-0.05, 0) is 56.2 Å². The highest BCUT2D eigenvalue weighted by atomic mass is 16.5. The molecule has 1 N–H and O–H groups in total. The summed E-state index contributed by atoms with van der Waals surface area (Å²) >= 11 is 0. The van der Waals surface area contributed by atoms with Gasteiger partial charge in [-0.25, -0.2) is 0 Å². The quantitative estimate of drug-likeness (QED) is 0.916. The Hall–Kier alpha value is -2.14. The van der Waals surface area contributed by atoms with Crippen LogP contribution in [0.5, 0.6) is 0 Å². The third-order valence-corrected chi connectivity index (χ3v) is 5.67. The molecule has 1 aliphatic carbocycles. The fraction of sp³-hybridized carbons (Fsp3) is 0.524. The Bertz CT molecular complexity index is 861. The van der Waals surface area contributed by atoms with Gasteiger partial charge in [-0.1, -0.05) is 24.5 Å². The van der Waals surface area contributed by atoms with E-state index in [-0.39, 0.29) is 23.6 Å². The molecule has 0 bridgehead atoms. The van der Waals surface area contributed by atoms with Crippen LogP contribution in [0.3, 0.4) is 0 Å². The first-order chi connectivity index (χ1) is 12.6. The van der Waals surface area contributed by atoms with E-state index in [0.717, 1.165) is 55.0 Å². The Morgan fingerprint density at radius 2 is 2.00 bits per heavy atom. The molecule has 26 heavy (non-hydrogen) atoms. The third-order valence-electron chi connectivity index (χ3n) is 5.67. The summed E-state index contributed by atoms with van der Waals surface area (Å²) < 4.78 is 5.63. The Balaban J connectivity index is 1.66. The molecule has 0 unspecified atom stereocenters. The Labute approximate surface area is 153 Å². The van der Waals surface area contributed by atoms with Crippen molar-refractivity contribution < 1.29 is 9.53 Å². The number of benzene rings is 1. The predicted molar refractivity (Wildman–Crippen MR) is 101 cm³/mol. The van der Waals surface area contributed by atoms with E-state index in [1.54, 1.807) is 0 Å². The number of nitrogens with one attached hydrogen (secondary N) is 1. The summed E-state index contributed by atoms with van der Waals surface area (Å²) in [6, 6.07) is 8.15. The molecule has 1 saturated heterocycles. The lowest BCUT2D eigenvalue weighted by Gasteiger charge is -2.31. The molecule has 1 aromatic heterocycles. The van der Waals surface area contributed by atoms with E-state index in [2.05, 4.69) is 11.1 Å². The van der Waals surface area contributed by atoms with E-state index in [4.69, 9.17) is 4.74 Å². The second-order valence-corrected chi connectivity index (χ2v) is 7.62. The minimum absolute atomic E-state index is 0.0538. The molecule has 138 valence electrons. The van der Waals surface area contributed by atoms with Crippen LogP contribution >= 0.6 is 0 Å². The van der Waals surface area contributed by atoms with Crippen molar-refractivity contribution in [1.29, 1.82) is 0 Å². The Kier molecular flexibility index (Phi) is 4.81. The predicted octanol–water partition coefficient (Wildman–Crippen LogP) is 3.29. The molecule has 1 saturated carbocycles. The second-order valence-electron chi connectivity index (χ2n) is 7.62. The van der Waals surface area contributed by atoms with Gasteiger partial charge in [0, 0.05) is 23.7 Å². The van der Waals surface area contributed by atoms with Gasteiger partial charge >= 0.3 is 0 Å². The maximum Gasteiger partial charge on any atom is 0.253 e. The molecule has 2 aromatic rings. The molecular weight excluding hydrogens is 328 g/mol. The summed E-state index contributed by atoms with van der Waals surface area (Å²) in [5, 5.41) is 1.01. The molecule has 1 atom stereocenters. The van der Waals surface area contributed by atoms with Crippen molar-refractivity contribution in [1.82, 2.24) is 9.88 Å². The number of pyridine rings is 1. The minimum atomic E-state index is -0.336. The number of nitrogens with zero attached hydrogens (tertiary/aromatic N) is 1. The van der Waals surface area contributed by atoms with Crippen LogP contribution in [0, 0.1) is 6.92 Å². The highest BCUT2D eigenvalue weighted by molar-refractivity contribution is 5.82. The number of fused-ring (bicyclic) bond motifs is 1. The third kappa shape index (κ3) is 3.40. The fourth-order valence-corrected chi connectivity index (χ4v) is 4.23. The normalized spacial score (nSPS) is 20.7.